The second kappa shape index (κ2) is 6.26. The molecule has 0 saturated carbocycles. The summed E-state index contributed by atoms with van der Waals surface area (Å²) in [5.74, 6) is 1.76. The predicted molar refractivity (Wildman–Crippen MR) is 69.7 cm³/mol. The minimum absolute atomic E-state index is 0.0532. The van der Waals surface area contributed by atoms with E-state index in [2.05, 4.69) is 0 Å². The lowest BCUT2D eigenvalue weighted by Crippen LogP contribution is -2.18. The first kappa shape index (κ1) is 12.7. The summed E-state index contributed by atoms with van der Waals surface area (Å²) in [5.41, 5.74) is 1.21. The molecule has 0 aliphatic carbocycles. The zero-order valence-electron chi connectivity index (χ0n) is 10.5. The highest BCUT2D eigenvalue weighted by Gasteiger charge is 2.11. The SMILES string of the molecule is Cc1ccc(OCC(CO)Cc2ccco2)cc1. The number of benzene rings is 1. The molecule has 1 unspecified atom stereocenters. The Morgan fingerprint density at radius 1 is 1.22 bits per heavy atom. The largest absolute Gasteiger partial charge is 0.493 e. The molecule has 1 aromatic heterocycles. The van der Waals surface area contributed by atoms with Gasteiger partial charge >= 0.3 is 0 Å². The normalized spacial score (nSPS) is 12.3. The fraction of sp³-hybridized carbons (Fsp3) is 0.333. The Balaban J connectivity index is 1.85. The molecule has 2 rings (SSSR count). The molecule has 18 heavy (non-hydrogen) atoms. The fourth-order valence-electron chi connectivity index (χ4n) is 1.74. The highest BCUT2D eigenvalue weighted by molar-refractivity contribution is 5.26. The van der Waals surface area contributed by atoms with Gasteiger partial charge in [0, 0.05) is 18.9 Å². The lowest BCUT2D eigenvalue weighted by Gasteiger charge is -2.14. The van der Waals surface area contributed by atoms with Crippen molar-refractivity contribution in [1.82, 2.24) is 0 Å². The Morgan fingerprint density at radius 2 is 2.00 bits per heavy atom. The number of ether oxygens (including phenoxy) is 1. The first-order chi connectivity index (χ1) is 8.78. The molecule has 1 N–H and O–H groups in total. The van der Waals surface area contributed by atoms with Gasteiger partial charge in [-0.1, -0.05) is 17.7 Å². The Morgan fingerprint density at radius 3 is 2.61 bits per heavy atom. The molecule has 0 radical (unpaired) electrons. The van der Waals surface area contributed by atoms with Gasteiger partial charge in [0.2, 0.25) is 0 Å². The van der Waals surface area contributed by atoms with E-state index in [4.69, 9.17) is 9.15 Å². The number of furan rings is 1. The van der Waals surface area contributed by atoms with Gasteiger partial charge in [0.1, 0.15) is 11.5 Å². The van der Waals surface area contributed by atoms with Crippen molar-refractivity contribution >= 4 is 0 Å². The quantitative estimate of drug-likeness (QED) is 0.852. The van der Waals surface area contributed by atoms with Gasteiger partial charge in [-0.2, -0.15) is 0 Å². The lowest BCUT2D eigenvalue weighted by molar-refractivity contribution is 0.158. The van der Waals surface area contributed by atoms with Crippen LogP contribution < -0.4 is 4.74 Å². The van der Waals surface area contributed by atoms with E-state index < -0.39 is 0 Å². The third-order valence-corrected chi connectivity index (χ3v) is 2.83. The number of aryl methyl sites for hydroxylation is 1. The monoisotopic (exact) mass is 246 g/mol. The molecule has 0 spiro atoms. The number of hydrogen-bond donors (Lipinski definition) is 1. The van der Waals surface area contributed by atoms with Crippen LogP contribution in [0.4, 0.5) is 0 Å². The van der Waals surface area contributed by atoms with E-state index in [0.29, 0.717) is 13.0 Å². The highest BCUT2D eigenvalue weighted by atomic mass is 16.5. The molecule has 0 saturated heterocycles. The summed E-state index contributed by atoms with van der Waals surface area (Å²) in [6.07, 6.45) is 2.33. The first-order valence-corrected chi connectivity index (χ1v) is 6.10. The third-order valence-electron chi connectivity index (χ3n) is 2.83. The molecular formula is C15H18O3. The van der Waals surface area contributed by atoms with Crippen molar-refractivity contribution in [2.45, 2.75) is 13.3 Å². The van der Waals surface area contributed by atoms with E-state index in [9.17, 15) is 5.11 Å². The summed E-state index contributed by atoms with van der Waals surface area (Å²) in [6.45, 7) is 2.62. The maximum Gasteiger partial charge on any atom is 0.119 e. The first-order valence-electron chi connectivity index (χ1n) is 6.10. The smallest absolute Gasteiger partial charge is 0.119 e. The zero-order chi connectivity index (χ0) is 12.8. The summed E-state index contributed by atoms with van der Waals surface area (Å²) in [6, 6.07) is 11.7. The Hall–Kier alpha value is -1.74. The van der Waals surface area contributed by atoms with E-state index in [0.717, 1.165) is 11.5 Å². The molecule has 0 aliphatic rings. The highest BCUT2D eigenvalue weighted by Crippen LogP contribution is 2.15. The molecule has 3 heteroatoms. The standard InChI is InChI=1S/C15H18O3/c1-12-4-6-14(7-5-12)18-11-13(10-16)9-15-3-2-8-17-15/h2-8,13,16H,9-11H2,1H3. The zero-order valence-corrected chi connectivity index (χ0v) is 10.5. The molecule has 1 heterocycles. The molecule has 3 nitrogen and oxygen atoms in total. The van der Waals surface area contributed by atoms with Crippen molar-refractivity contribution in [3.8, 4) is 5.75 Å². The molecule has 0 aliphatic heterocycles. The average Bonchev–Trinajstić information content (AvgIpc) is 2.89. The molecular weight excluding hydrogens is 228 g/mol. The third kappa shape index (κ3) is 3.64. The van der Waals surface area contributed by atoms with Gasteiger partial charge in [0.05, 0.1) is 12.9 Å². The number of aliphatic hydroxyl groups excluding tert-OH is 1. The van der Waals surface area contributed by atoms with Gasteiger partial charge in [-0.15, -0.1) is 0 Å². The van der Waals surface area contributed by atoms with Crippen LogP contribution in [0.25, 0.3) is 0 Å². The predicted octanol–water partition coefficient (Wildman–Crippen LogP) is 2.82. The van der Waals surface area contributed by atoms with Crippen molar-refractivity contribution in [3.63, 3.8) is 0 Å². The summed E-state index contributed by atoms with van der Waals surface area (Å²) in [7, 11) is 0. The Labute approximate surface area is 107 Å². The average molecular weight is 246 g/mol. The number of aliphatic hydroxyl groups is 1. The Kier molecular flexibility index (Phi) is 4.42. The number of hydrogen-bond acceptors (Lipinski definition) is 3. The van der Waals surface area contributed by atoms with Gasteiger partial charge in [0.15, 0.2) is 0 Å². The van der Waals surface area contributed by atoms with E-state index in [1.54, 1.807) is 6.26 Å². The van der Waals surface area contributed by atoms with Crippen LogP contribution in [0.2, 0.25) is 0 Å². The maximum atomic E-state index is 9.33. The summed E-state index contributed by atoms with van der Waals surface area (Å²) in [4.78, 5) is 0. The van der Waals surface area contributed by atoms with Crippen LogP contribution in [0.3, 0.4) is 0 Å². The lowest BCUT2D eigenvalue weighted by atomic mass is 10.1. The van der Waals surface area contributed by atoms with Gasteiger partial charge in [-0.05, 0) is 31.2 Å². The van der Waals surface area contributed by atoms with E-state index in [1.165, 1.54) is 5.56 Å². The van der Waals surface area contributed by atoms with Crippen LogP contribution in [0.1, 0.15) is 11.3 Å². The van der Waals surface area contributed by atoms with Gasteiger partial charge in [-0.25, -0.2) is 0 Å². The minimum atomic E-state index is 0.0532. The molecule has 0 fully saturated rings. The van der Waals surface area contributed by atoms with Crippen LogP contribution in [0.5, 0.6) is 5.75 Å². The van der Waals surface area contributed by atoms with Crippen molar-refractivity contribution < 1.29 is 14.3 Å². The maximum absolute atomic E-state index is 9.33. The van der Waals surface area contributed by atoms with E-state index in [-0.39, 0.29) is 12.5 Å². The topological polar surface area (TPSA) is 42.6 Å². The molecule has 0 amide bonds. The Bertz CT molecular complexity index is 445. The van der Waals surface area contributed by atoms with Crippen LogP contribution in [-0.4, -0.2) is 18.3 Å². The molecule has 1 atom stereocenters. The molecule has 96 valence electrons. The fourth-order valence-corrected chi connectivity index (χ4v) is 1.74. The van der Waals surface area contributed by atoms with Crippen LogP contribution in [0.15, 0.2) is 47.1 Å². The van der Waals surface area contributed by atoms with Gasteiger partial charge < -0.3 is 14.3 Å². The van der Waals surface area contributed by atoms with Gasteiger partial charge in [-0.3, -0.25) is 0 Å². The van der Waals surface area contributed by atoms with Crippen LogP contribution in [-0.2, 0) is 6.42 Å². The van der Waals surface area contributed by atoms with E-state index in [1.807, 2.05) is 43.3 Å². The van der Waals surface area contributed by atoms with Gasteiger partial charge in [0.25, 0.3) is 0 Å². The molecule has 1 aromatic carbocycles. The van der Waals surface area contributed by atoms with Crippen LogP contribution in [0, 0.1) is 12.8 Å². The van der Waals surface area contributed by atoms with Crippen molar-refractivity contribution in [3.05, 3.63) is 54.0 Å². The molecule has 0 bridgehead atoms. The summed E-state index contributed by atoms with van der Waals surface area (Å²) < 4.78 is 10.9. The second-order valence-electron chi connectivity index (χ2n) is 4.46. The number of rotatable bonds is 6. The summed E-state index contributed by atoms with van der Waals surface area (Å²) in [5, 5.41) is 9.33. The minimum Gasteiger partial charge on any atom is -0.493 e. The van der Waals surface area contributed by atoms with E-state index >= 15 is 0 Å². The summed E-state index contributed by atoms with van der Waals surface area (Å²) >= 11 is 0. The van der Waals surface area contributed by atoms with Crippen molar-refractivity contribution in [2.75, 3.05) is 13.2 Å². The molecule has 2 aromatic rings. The second-order valence-corrected chi connectivity index (χ2v) is 4.46. The van der Waals surface area contributed by atoms with Crippen LogP contribution >= 0.6 is 0 Å². The van der Waals surface area contributed by atoms with Crippen molar-refractivity contribution in [1.29, 1.82) is 0 Å². The van der Waals surface area contributed by atoms with Crippen molar-refractivity contribution in [2.24, 2.45) is 5.92 Å².